The highest BCUT2D eigenvalue weighted by Gasteiger charge is 2.17. The number of nitrogens with zero attached hydrogens (tertiary/aromatic N) is 2. The third-order valence-electron chi connectivity index (χ3n) is 3.56. The number of aromatic nitrogens is 1. The standard InChI is InChI=1S/C14H23N3O3/c1-10(9-17-4-6-19-7-5-17)15-14(18)8-13-11(2)16-20-12(13)3/h10H,4-9H2,1-3H3,(H,15,18)/t10-/m1/s1. The Kier molecular flexibility index (Phi) is 5.14. The fourth-order valence-electron chi connectivity index (χ4n) is 2.46. The summed E-state index contributed by atoms with van der Waals surface area (Å²) in [4.78, 5) is 14.4. The lowest BCUT2D eigenvalue weighted by atomic mass is 10.1. The second-order valence-electron chi connectivity index (χ2n) is 5.36. The number of rotatable bonds is 5. The number of amides is 1. The van der Waals surface area contributed by atoms with Crippen molar-refractivity contribution >= 4 is 5.91 Å². The summed E-state index contributed by atoms with van der Waals surface area (Å²) >= 11 is 0. The lowest BCUT2D eigenvalue weighted by molar-refractivity contribution is -0.121. The second kappa shape index (κ2) is 6.85. The first kappa shape index (κ1) is 15.0. The van der Waals surface area contributed by atoms with Gasteiger partial charge in [0.2, 0.25) is 5.91 Å². The molecular formula is C14H23N3O3. The zero-order valence-corrected chi connectivity index (χ0v) is 12.4. The van der Waals surface area contributed by atoms with Gasteiger partial charge in [-0.1, -0.05) is 5.16 Å². The Hall–Kier alpha value is -1.40. The molecule has 1 aliphatic heterocycles. The minimum atomic E-state index is 0.0140. The van der Waals surface area contributed by atoms with Crippen LogP contribution in [0.1, 0.15) is 23.9 Å². The molecule has 0 aromatic carbocycles. The van der Waals surface area contributed by atoms with E-state index in [1.807, 2.05) is 20.8 Å². The fraction of sp³-hybridized carbons (Fsp3) is 0.714. The van der Waals surface area contributed by atoms with Crippen molar-refractivity contribution in [3.63, 3.8) is 0 Å². The number of aryl methyl sites for hydroxylation is 2. The molecule has 2 rings (SSSR count). The van der Waals surface area contributed by atoms with Crippen LogP contribution in [0.3, 0.4) is 0 Å². The summed E-state index contributed by atoms with van der Waals surface area (Å²) in [6, 6.07) is 0.126. The van der Waals surface area contributed by atoms with Crippen molar-refractivity contribution < 1.29 is 14.1 Å². The highest BCUT2D eigenvalue weighted by molar-refractivity contribution is 5.79. The van der Waals surface area contributed by atoms with Gasteiger partial charge in [-0.2, -0.15) is 0 Å². The molecule has 0 radical (unpaired) electrons. The zero-order valence-electron chi connectivity index (χ0n) is 12.4. The maximum Gasteiger partial charge on any atom is 0.224 e. The van der Waals surface area contributed by atoms with Crippen molar-refractivity contribution in [1.29, 1.82) is 0 Å². The highest BCUT2D eigenvalue weighted by atomic mass is 16.5. The summed E-state index contributed by atoms with van der Waals surface area (Å²) < 4.78 is 10.4. The molecule has 1 aliphatic rings. The first-order valence-electron chi connectivity index (χ1n) is 7.07. The summed E-state index contributed by atoms with van der Waals surface area (Å²) in [6.07, 6.45) is 0.328. The molecule has 0 unspecified atom stereocenters. The number of hydrogen-bond acceptors (Lipinski definition) is 5. The summed E-state index contributed by atoms with van der Waals surface area (Å²) in [5, 5.41) is 6.89. The molecule has 0 spiro atoms. The third kappa shape index (κ3) is 4.05. The van der Waals surface area contributed by atoms with Crippen LogP contribution >= 0.6 is 0 Å². The van der Waals surface area contributed by atoms with Crippen LogP contribution in [0.2, 0.25) is 0 Å². The van der Waals surface area contributed by atoms with E-state index in [0.29, 0.717) is 6.42 Å². The smallest absolute Gasteiger partial charge is 0.224 e. The quantitative estimate of drug-likeness (QED) is 0.859. The van der Waals surface area contributed by atoms with E-state index in [9.17, 15) is 4.79 Å². The van der Waals surface area contributed by atoms with Crippen LogP contribution in [0, 0.1) is 13.8 Å². The van der Waals surface area contributed by atoms with E-state index < -0.39 is 0 Å². The highest BCUT2D eigenvalue weighted by Crippen LogP contribution is 2.12. The molecule has 20 heavy (non-hydrogen) atoms. The van der Waals surface area contributed by atoms with Gasteiger partial charge in [-0.15, -0.1) is 0 Å². The Balaban J connectivity index is 1.78. The van der Waals surface area contributed by atoms with Gasteiger partial charge in [-0.05, 0) is 20.8 Å². The molecule has 0 bridgehead atoms. The Bertz CT molecular complexity index is 433. The van der Waals surface area contributed by atoms with Crippen LogP contribution < -0.4 is 5.32 Å². The zero-order chi connectivity index (χ0) is 14.5. The minimum absolute atomic E-state index is 0.0140. The molecule has 2 heterocycles. The topological polar surface area (TPSA) is 67.6 Å². The van der Waals surface area contributed by atoms with Gasteiger partial charge >= 0.3 is 0 Å². The number of morpholine rings is 1. The van der Waals surface area contributed by atoms with Crippen molar-refractivity contribution in [2.45, 2.75) is 33.2 Å². The lowest BCUT2D eigenvalue weighted by Gasteiger charge is -2.29. The number of carbonyl (C=O) groups is 1. The minimum Gasteiger partial charge on any atom is -0.379 e. The molecule has 1 aromatic heterocycles. The van der Waals surface area contributed by atoms with Crippen molar-refractivity contribution in [3.05, 3.63) is 17.0 Å². The molecule has 6 nitrogen and oxygen atoms in total. The Morgan fingerprint density at radius 1 is 1.40 bits per heavy atom. The van der Waals surface area contributed by atoms with Crippen LogP contribution in [-0.2, 0) is 16.0 Å². The van der Waals surface area contributed by atoms with Crippen molar-refractivity contribution in [3.8, 4) is 0 Å². The average molecular weight is 281 g/mol. The monoisotopic (exact) mass is 281 g/mol. The van der Waals surface area contributed by atoms with Crippen molar-refractivity contribution in [1.82, 2.24) is 15.4 Å². The number of hydrogen-bond donors (Lipinski definition) is 1. The van der Waals surface area contributed by atoms with E-state index in [4.69, 9.17) is 9.26 Å². The van der Waals surface area contributed by atoms with E-state index in [1.165, 1.54) is 0 Å². The van der Waals surface area contributed by atoms with E-state index >= 15 is 0 Å². The SMILES string of the molecule is Cc1noc(C)c1CC(=O)N[C@H](C)CN1CCOCC1. The van der Waals surface area contributed by atoms with Crippen LogP contribution in [0.5, 0.6) is 0 Å². The van der Waals surface area contributed by atoms with Crippen molar-refractivity contribution in [2.24, 2.45) is 0 Å². The van der Waals surface area contributed by atoms with Gasteiger partial charge in [0, 0.05) is 31.2 Å². The third-order valence-corrected chi connectivity index (χ3v) is 3.56. The fourth-order valence-corrected chi connectivity index (χ4v) is 2.46. The summed E-state index contributed by atoms with van der Waals surface area (Å²) in [6.45, 7) is 10.0. The Morgan fingerprint density at radius 2 is 2.10 bits per heavy atom. The molecule has 0 aliphatic carbocycles. The average Bonchev–Trinajstić information content (AvgIpc) is 2.71. The lowest BCUT2D eigenvalue weighted by Crippen LogP contribution is -2.46. The van der Waals surface area contributed by atoms with Crippen molar-refractivity contribution in [2.75, 3.05) is 32.8 Å². The van der Waals surface area contributed by atoms with Gasteiger partial charge in [0.1, 0.15) is 5.76 Å². The predicted octanol–water partition coefficient (Wildman–Crippen LogP) is 0.671. The Morgan fingerprint density at radius 3 is 2.70 bits per heavy atom. The van der Waals surface area contributed by atoms with E-state index in [2.05, 4.69) is 15.4 Å². The second-order valence-corrected chi connectivity index (χ2v) is 5.36. The molecule has 1 N–H and O–H groups in total. The number of nitrogens with one attached hydrogen (secondary N) is 1. The largest absolute Gasteiger partial charge is 0.379 e. The number of carbonyl (C=O) groups excluding carboxylic acids is 1. The van der Waals surface area contributed by atoms with Gasteiger partial charge < -0.3 is 14.6 Å². The van der Waals surface area contributed by atoms with Gasteiger partial charge in [0.05, 0.1) is 25.3 Å². The molecule has 1 aromatic rings. The van der Waals surface area contributed by atoms with Gasteiger partial charge in [0.25, 0.3) is 0 Å². The molecule has 0 saturated carbocycles. The first-order chi connectivity index (χ1) is 9.56. The van der Waals surface area contributed by atoms with Crippen LogP contribution in [0.4, 0.5) is 0 Å². The van der Waals surface area contributed by atoms with Gasteiger partial charge in [-0.25, -0.2) is 0 Å². The van der Waals surface area contributed by atoms with E-state index in [0.717, 1.165) is 49.9 Å². The first-order valence-corrected chi connectivity index (χ1v) is 7.07. The van der Waals surface area contributed by atoms with E-state index in [-0.39, 0.29) is 11.9 Å². The normalized spacial score (nSPS) is 17.9. The molecule has 1 fully saturated rings. The summed E-state index contributed by atoms with van der Waals surface area (Å²) in [5.41, 5.74) is 1.68. The van der Waals surface area contributed by atoms with Gasteiger partial charge in [0.15, 0.2) is 0 Å². The molecular weight excluding hydrogens is 258 g/mol. The molecule has 112 valence electrons. The van der Waals surface area contributed by atoms with Crippen LogP contribution in [0.15, 0.2) is 4.52 Å². The summed E-state index contributed by atoms with van der Waals surface area (Å²) in [7, 11) is 0. The number of ether oxygens (including phenoxy) is 1. The predicted molar refractivity (Wildman–Crippen MR) is 74.5 cm³/mol. The maximum absolute atomic E-state index is 12.0. The molecule has 1 amide bonds. The van der Waals surface area contributed by atoms with Gasteiger partial charge in [-0.3, -0.25) is 9.69 Å². The van der Waals surface area contributed by atoms with Crippen LogP contribution in [-0.4, -0.2) is 54.9 Å². The maximum atomic E-state index is 12.0. The molecule has 1 saturated heterocycles. The van der Waals surface area contributed by atoms with Crippen LogP contribution in [0.25, 0.3) is 0 Å². The Labute approximate surface area is 119 Å². The molecule has 6 heteroatoms. The summed E-state index contributed by atoms with van der Waals surface area (Å²) in [5.74, 6) is 0.735. The van der Waals surface area contributed by atoms with E-state index in [1.54, 1.807) is 0 Å². The molecule has 1 atom stereocenters.